The number of aryl methyl sites for hydroxylation is 2. The average molecular weight is 331 g/mol. The van der Waals surface area contributed by atoms with E-state index in [1.807, 2.05) is 24.3 Å². The molecule has 1 amide bonds. The lowest BCUT2D eigenvalue weighted by Crippen LogP contribution is -2.27. The van der Waals surface area contributed by atoms with Gasteiger partial charge in [-0.15, -0.1) is 0 Å². The minimum Gasteiger partial charge on any atom is -0.354 e. The Bertz CT molecular complexity index is 965. The number of hydrogen-bond acceptors (Lipinski definition) is 3. The summed E-state index contributed by atoms with van der Waals surface area (Å²) in [6.07, 6.45) is 2.16. The molecule has 1 aliphatic heterocycles. The number of amides is 1. The second kappa shape index (κ2) is 6.20. The van der Waals surface area contributed by atoms with Crippen molar-refractivity contribution in [1.29, 1.82) is 0 Å². The number of pyridine rings is 1. The average Bonchev–Trinajstić information content (AvgIpc) is 2.65. The predicted molar refractivity (Wildman–Crippen MR) is 102 cm³/mol. The Kier molecular flexibility index (Phi) is 3.88. The van der Waals surface area contributed by atoms with E-state index in [2.05, 4.69) is 41.4 Å². The molecular weight excluding hydrogens is 310 g/mol. The molecule has 0 saturated carbocycles. The molecular formula is C21H21N3O. The summed E-state index contributed by atoms with van der Waals surface area (Å²) >= 11 is 0. The molecule has 2 aromatic carbocycles. The topological polar surface area (TPSA) is 45.2 Å². The number of fused-ring (bicyclic) bond motifs is 2. The lowest BCUT2D eigenvalue weighted by atomic mass is 9.99. The maximum atomic E-state index is 12.2. The standard InChI is InChI=1S/C21H21N3O/c1-14-9-10-19-16(12-14)7-5-11-24(19)20-17-8-4-3-6-15(17)13-18(23-20)21(25)22-2/h3-4,6,8-10,12-13H,5,7,11H2,1-2H3,(H,22,25). The fraction of sp³-hybridized carbons (Fsp3) is 0.238. The summed E-state index contributed by atoms with van der Waals surface area (Å²) in [5, 5.41) is 4.79. The third-order valence-corrected chi connectivity index (χ3v) is 4.79. The summed E-state index contributed by atoms with van der Waals surface area (Å²) in [5.41, 5.74) is 4.28. The molecule has 0 unspecified atom stereocenters. The van der Waals surface area contributed by atoms with Crippen molar-refractivity contribution in [2.24, 2.45) is 0 Å². The molecule has 25 heavy (non-hydrogen) atoms. The Labute approximate surface area is 147 Å². The maximum Gasteiger partial charge on any atom is 0.269 e. The van der Waals surface area contributed by atoms with E-state index >= 15 is 0 Å². The fourth-order valence-corrected chi connectivity index (χ4v) is 3.58. The quantitative estimate of drug-likeness (QED) is 0.772. The molecule has 0 bridgehead atoms. The van der Waals surface area contributed by atoms with E-state index in [1.54, 1.807) is 7.05 Å². The van der Waals surface area contributed by atoms with Crippen LogP contribution in [0.2, 0.25) is 0 Å². The first kappa shape index (κ1) is 15.6. The molecule has 2 heterocycles. The third kappa shape index (κ3) is 2.74. The number of hydrogen-bond donors (Lipinski definition) is 1. The molecule has 1 aromatic heterocycles. The van der Waals surface area contributed by atoms with Crippen LogP contribution in [0.5, 0.6) is 0 Å². The normalized spacial score (nSPS) is 13.6. The van der Waals surface area contributed by atoms with Crippen LogP contribution in [0.3, 0.4) is 0 Å². The Morgan fingerprint density at radius 1 is 1.16 bits per heavy atom. The van der Waals surface area contributed by atoms with Crippen molar-refractivity contribution >= 4 is 28.2 Å². The Morgan fingerprint density at radius 2 is 2.00 bits per heavy atom. The smallest absolute Gasteiger partial charge is 0.269 e. The summed E-state index contributed by atoms with van der Waals surface area (Å²) in [6.45, 7) is 3.03. The summed E-state index contributed by atoms with van der Waals surface area (Å²) in [6, 6.07) is 16.6. The van der Waals surface area contributed by atoms with Gasteiger partial charge in [0.25, 0.3) is 5.91 Å². The molecule has 1 aliphatic rings. The Hall–Kier alpha value is -2.88. The van der Waals surface area contributed by atoms with Crippen LogP contribution < -0.4 is 10.2 Å². The van der Waals surface area contributed by atoms with E-state index < -0.39 is 0 Å². The van der Waals surface area contributed by atoms with Gasteiger partial charge in [-0.3, -0.25) is 4.79 Å². The number of benzene rings is 2. The lowest BCUT2D eigenvalue weighted by Gasteiger charge is -2.31. The molecule has 0 radical (unpaired) electrons. The first-order chi connectivity index (χ1) is 12.2. The summed E-state index contributed by atoms with van der Waals surface area (Å²) in [7, 11) is 1.64. The first-order valence-electron chi connectivity index (χ1n) is 8.66. The molecule has 3 aromatic rings. The van der Waals surface area contributed by atoms with E-state index in [-0.39, 0.29) is 5.91 Å². The number of nitrogens with one attached hydrogen (secondary N) is 1. The minimum atomic E-state index is -0.159. The number of rotatable bonds is 2. The van der Waals surface area contributed by atoms with Crippen molar-refractivity contribution in [3.05, 3.63) is 65.4 Å². The van der Waals surface area contributed by atoms with Gasteiger partial charge < -0.3 is 10.2 Å². The number of carbonyl (C=O) groups excluding carboxylic acids is 1. The summed E-state index contributed by atoms with van der Waals surface area (Å²) in [4.78, 5) is 19.2. The largest absolute Gasteiger partial charge is 0.354 e. The molecule has 4 rings (SSSR count). The van der Waals surface area contributed by atoms with Gasteiger partial charge in [0.2, 0.25) is 0 Å². The van der Waals surface area contributed by atoms with Crippen LogP contribution >= 0.6 is 0 Å². The third-order valence-electron chi connectivity index (χ3n) is 4.79. The van der Waals surface area contributed by atoms with Gasteiger partial charge in [0, 0.05) is 24.7 Å². The van der Waals surface area contributed by atoms with Crippen LogP contribution in [-0.4, -0.2) is 24.5 Å². The van der Waals surface area contributed by atoms with Gasteiger partial charge in [0.15, 0.2) is 0 Å². The Balaban J connectivity index is 1.94. The van der Waals surface area contributed by atoms with Crippen molar-refractivity contribution in [2.75, 3.05) is 18.5 Å². The molecule has 126 valence electrons. The second-order valence-electron chi connectivity index (χ2n) is 6.52. The zero-order valence-corrected chi connectivity index (χ0v) is 14.5. The van der Waals surface area contributed by atoms with Crippen molar-refractivity contribution in [1.82, 2.24) is 10.3 Å². The van der Waals surface area contributed by atoms with Gasteiger partial charge in [-0.2, -0.15) is 0 Å². The Morgan fingerprint density at radius 3 is 2.84 bits per heavy atom. The fourth-order valence-electron chi connectivity index (χ4n) is 3.58. The van der Waals surface area contributed by atoms with Gasteiger partial charge >= 0.3 is 0 Å². The van der Waals surface area contributed by atoms with Crippen LogP contribution in [0.25, 0.3) is 10.8 Å². The lowest BCUT2D eigenvalue weighted by molar-refractivity contribution is 0.0958. The van der Waals surface area contributed by atoms with Crippen molar-refractivity contribution in [2.45, 2.75) is 19.8 Å². The molecule has 4 nitrogen and oxygen atoms in total. The van der Waals surface area contributed by atoms with Crippen molar-refractivity contribution < 1.29 is 4.79 Å². The maximum absolute atomic E-state index is 12.2. The molecule has 1 N–H and O–H groups in total. The highest BCUT2D eigenvalue weighted by Crippen LogP contribution is 2.36. The molecule has 4 heteroatoms. The number of aromatic nitrogens is 1. The van der Waals surface area contributed by atoms with E-state index in [4.69, 9.17) is 4.98 Å². The van der Waals surface area contributed by atoms with Crippen molar-refractivity contribution in [3.63, 3.8) is 0 Å². The van der Waals surface area contributed by atoms with E-state index in [0.29, 0.717) is 5.69 Å². The number of carbonyl (C=O) groups is 1. The van der Waals surface area contributed by atoms with Crippen LogP contribution in [0.4, 0.5) is 11.5 Å². The number of nitrogens with zero attached hydrogens (tertiary/aromatic N) is 2. The van der Waals surface area contributed by atoms with Crippen LogP contribution in [0.1, 0.15) is 28.0 Å². The number of anilines is 2. The predicted octanol–water partition coefficient (Wildman–Crippen LogP) is 3.99. The zero-order valence-electron chi connectivity index (χ0n) is 14.5. The van der Waals surface area contributed by atoms with Gasteiger partial charge in [-0.05, 0) is 42.8 Å². The van der Waals surface area contributed by atoms with E-state index in [9.17, 15) is 4.79 Å². The summed E-state index contributed by atoms with van der Waals surface area (Å²) in [5.74, 6) is 0.703. The van der Waals surface area contributed by atoms with E-state index in [1.165, 1.54) is 16.8 Å². The highest BCUT2D eigenvalue weighted by Gasteiger charge is 2.22. The summed E-state index contributed by atoms with van der Waals surface area (Å²) < 4.78 is 0. The van der Waals surface area contributed by atoms with Crippen LogP contribution in [-0.2, 0) is 6.42 Å². The molecule has 0 atom stereocenters. The van der Waals surface area contributed by atoms with E-state index in [0.717, 1.165) is 36.0 Å². The molecule has 0 saturated heterocycles. The van der Waals surface area contributed by atoms with Gasteiger partial charge in [0.05, 0.1) is 0 Å². The molecule has 0 aliphatic carbocycles. The minimum absolute atomic E-state index is 0.159. The SMILES string of the molecule is CNC(=O)c1cc2ccccc2c(N2CCCc3cc(C)ccc32)n1. The van der Waals surface area contributed by atoms with Gasteiger partial charge in [-0.25, -0.2) is 4.98 Å². The highest BCUT2D eigenvalue weighted by atomic mass is 16.1. The first-order valence-corrected chi connectivity index (χ1v) is 8.66. The van der Waals surface area contributed by atoms with Crippen LogP contribution in [0, 0.1) is 6.92 Å². The highest BCUT2D eigenvalue weighted by molar-refractivity contribution is 6.01. The second-order valence-corrected chi connectivity index (χ2v) is 6.52. The zero-order chi connectivity index (χ0) is 17.4. The monoisotopic (exact) mass is 331 g/mol. The van der Waals surface area contributed by atoms with Crippen molar-refractivity contribution in [3.8, 4) is 0 Å². The van der Waals surface area contributed by atoms with Gasteiger partial charge in [-0.1, -0.05) is 42.0 Å². The molecule has 0 fully saturated rings. The van der Waals surface area contributed by atoms with Crippen LogP contribution in [0.15, 0.2) is 48.5 Å². The molecule has 0 spiro atoms. The van der Waals surface area contributed by atoms with Gasteiger partial charge in [0.1, 0.15) is 11.5 Å².